The van der Waals surface area contributed by atoms with E-state index in [9.17, 15) is 14.7 Å². The second-order valence-electron chi connectivity index (χ2n) is 9.15. The van der Waals surface area contributed by atoms with Crippen molar-refractivity contribution >= 4 is 21.7 Å². The molecule has 1 unspecified atom stereocenters. The maximum atomic E-state index is 13.6. The average Bonchev–Trinajstić information content (AvgIpc) is 3.22. The molecule has 176 valence electrons. The lowest BCUT2D eigenvalue weighted by atomic mass is 9.96. The number of phenolic OH excluding ortho intramolecular Hbond substituents is 1. The molecule has 35 heavy (non-hydrogen) atoms. The predicted molar refractivity (Wildman–Crippen MR) is 136 cm³/mol. The Bertz CT molecular complexity index is 1770. The summed E-state index contributed by atoms with van der Waals surface area (Å²) in [6.45, 7) is 2.93. The van der Waals surface area contributed by atoms with E-state index in [4.69, 9.17) is 4.74 Å². The van der Waals surface area contributed by atoms with Crippen molar-refractivity contribution in [2.75, 3.05) is 6.61 Å². The molecule has 0 radical (unpaired) electrons. The summed E-state index contributed by atoms with van der Waals surface area (Å²) in [6.07, 6.45) is -0.659. The molecule has 1 aliphatic rings. The summed E-state index contributed by atoms with van der Waals surface area (Å²) in [5.74, 6) is 0.113. The zero-order valence-corrected chi connectivity index (χ0v) is 19.8. The van der Waals surface area contributed by atoms with Crippen molar-refractivity contribution in [2.45, 2.75) is 19.6 Å². The maximum Gasteiger partial charge on any atom is 0.331 e. The van der Waals surface area contributed by atoms with Gasteiger partial charge in [-0.1, -0.05) is 54.1 Å². The van der Waals surface area contributed by atoms with E-state index < -0.39 is 11.8 Å². The van der Waals surface area contributed by atoms with Gasteiger partial charge in [-0.2, -0.15) is 0 Å². The van der Waals surface area contributed by atoms with Crippen LogP contribution in [0.2, 0.25) is 0 Å². The molecule has 0 saturated heterocycles. The minimum Gasteiger partial charge on any atom is -0.508 e. The lowest BCUT2D eigenvalue weighted by Crippen LogP contribution is -2.37. The van der Waals surface area contributed by atoms with Crippen molar-refractivity contribution in [1.82, 2.24) is 13.7 Å². The minimum absolute atomic E-state index is 0.113. The summed E-state index contributed by atoms with van der Waals surface area (Å²) in [6, 6.07) is 19.4. The van der Waals surface area contributed by atoms with Gasteiger partial charge in [0.15, 0.2) is 0 Å². The lowest BCUT2D eigenvalue weighted by Gasteiger charge is -2.29. The number of benzene rings is 3. The number of aromatic hydroxyl groups is 1. The van der Waals surface area contributed by atoms with Crippen LogP contribution in [0.25, 0.3) is 32.9 Å². The number of aromatic nitrogens is 3. The van der Waals surface area contributed by atoms with Gasteiger partial charge in [-0.25, -0.2) is 4.79 Å². The standard InChI is InChI=1S/C28H25N3O4/c1-16-7-6-9-18(15-16)23-22-24(29(2)28(34)30(3)27(22)33)25-26(35-14-13-31(23)25)21-19-10-5-4-8-17(19)11-12-20(21)32/h4-12,15,26,32H,13-14H2,1-3H3. The third kappa shape index (κ3) is 3.01. The number of phenols is 1. The zero-order valence-electron chi connectivity index (χ0n) is 19.8. The van der Waals surface area contributed by atoms with Gasteiger partial charge < -0.3 is 14.4 Å². The molecule has 7 nitrogen and oxygen atoms in total. The number of fused-ring (bicyclic) bond motifs is 4. The molecule has 3 aromatic carbocycles. The molecule has 1 atom stereocenters. The molecule has 7 heteroatoms. The molecule has 5 aromatic rings. The quantitative estimate of drug-likeness (QED) is 0.426. The van der Waals surface area contributed by atoms with Crippen LogP contribution >= 0.6 is 0 Å². The van der Waals surface area contributed by atoms with Crippen LogP contribution < -0.4 is 11.2 Å². The molecule has 0 amide bonds. The monoisotopic (exact) mass is 467 g/mol. The summed E-state index contributed by atoms with van der Waals surface area (Å²) in [5.41, 5.74) is 3.86. The van der Waals surface area contributed by atoms with Crippen LogP contribution in [0.15, 0.2) is 70.3 Å². The molecule has 0 fully saturated rings. The van der Waals surface area contributed by atoms with Crippen molar-refractivity contribution in [3.63, 3.8) is 0 Å². The SMILES string of the molecule is Cc1cccc(-c2c3c(=O)n(C)c(=O)n(C)c3c3n2CCOC3c2c(O)ccc3ccccc23)c1. The molecule has 6 rings (SSSR count). The first-order valence-corrected chi connectivity index (χ1v) is 11.6. The number of hydrogen-bond acceptors (Lipinski definition) is 4. The first kappa shape index (κ1) is 21.4. The molecule has 0 spiro atoms. The Kier molecular flexibility index (Phi) is 4.72. The summed E-state index contributed by atoms with van der Waals surface area (Å²) < 4.78 is 11.1. The predicted octanol–water partition coefficient (Wildman–Crippen LogP) is 3.99. The van der Waals surface area contributed by atoms with E-state index in [0.717, 1.165) is 32.2 Å². The largest absolute Gasteiger partial charge is 0.508 e. The molecule has 2 aromatic heterocycles. The molecule has 0 saturated carbocycles. The van der Waals surface area contributed by atoms with Crippen molar-refractivity contribution in [2.24, 2.45) is 14.1 Å². The topological polar surface area (TPSA) is 78.4 Å². The number of rotatable bonds is 2. The van der Waals surface area contributed by atoms with Crippen LogP contribution in [0.4, 0.5) is 0 Å². The number of hydrogen-bond donors (Lipinski definition) is 1. The Morgan fingerprint density at radius 2 is 1.77 bits per heavy atom. The van der Waals surface area contributed by atoms with Gasteiger partial charge in [-0.15, -0.1) is 0 Å². The second kappa shape index (κ2) is 7.71. The number of nitrogens with zero attached hydrogens (tertiary/aromatic N) is 3. The highest BCUT2D eigenvalue weighted by atomic mass is 16.5. The number of ether oxygens (including phenoxy) is 1. The van der Waals surface area contributed by atoms with Crippen LogP contribution in [0.5, 0.6) is 5.75 Å². The summed E-state index contributed by atoms with van der Waals surface area (Å²) >= 11 is 0. The van der Waals surface area contributed by atoms with Crippen LogP contribution in [-0.4, -0.2) is 25.4 Å². The van der Waals surface area contributed by atoms with E-state index in [2.05, 4.69) is 4.57 Å². The minimum atomic E-state index is -0.659. The Morgan fingerprint density at radius 3 is 2.57 bits per heavy atom. The first-order chi connectivity index (χ1) is 16.9. The van der Waals surface area contributed by atoms with E-state index in [0.29, 0.717) is 35.3 Å². The lowest BCUT2D eigenvalue weighted by molar-refractivity contribution is 0.0474. The molecular weight excluding hydrogens is 442 g/mol. The van der Waals surface area contributed by atoms with E-state index in [1.165, 1.54) is 11.6 Å². The smallest absolute Gasteiger partial charge is 0.331 e. The van der Waals surface area contributed by atoms with E-state index in [1.807, 2.05) is 61.5 Å². The van der Waals surface area contributed by atoms with Crippen LogP contribution in [0.3, 0.4) is 0 Å². The molecule has 0 bridgehead atoms. The Balaban J connectivity index is 1.80. The van der Waals surface area contributed by atoms with Crippen LogP contribution in [0, 0.1) is 6.92 Å². The highest BCUT2D eigenvalue weighted by molar-refractivity contribution is 5.97. The molecule has 1 N–H and O–H groups in total. The van der Waals surface area contributed by atoms with Gasteiger partial charge in [-0.3, -0.25) is 13.9 Å². The third-order valence-corrected chi connectivity index (χ3v) is 7.05. The average molecular weight is 468 g/mol. The van der Waals surface area contributed by atoms with Crippen molar-refractivity contribution in [1.29, 1.82) is 0 Å². The van der Waals surface area contributed by atoms with Crippen molar-refractivity contribution in [3.05, 3.63) is 98.3 Å². The maximum absolute atomic E-state index is 13.6. The van der Waals surface area contributed by atoms with Crippen molar-refractivity contribution < 1.29 is 9.84 Å². The fraction of sp³-hybridized carbons (Fsp3) is 0.214. The van der Waals surface area contributed by atoms with Gasteiger partial charge in [0.1, 0.15) is 11.9 Å². The Morgan fingerprint density at radius 1 is 0.971 bits per heavy atom. The molecule has 3 heterocycles. The van der Waals surface area contributed by atoms with Gasteiger partial charge in [0.25, 0.3) is 5.56 Å². The Labute approximate surface area is 201 Å². The van der Waals surface area contributed by atoms with Gasteiger partial charge in [-0.05, 0) is 35.4 Å². The van der Waals surface area contributed by atoms with Gasteiger partial charge in [0.2, 0.25) is 0 Å². The van der Waals surface area contributed by atoms with Gasteiger partial charge in [0.05, 0.1) is 28.9 Å². The molecular formula is C28H25N3O4. The van der Waals surface area contributed by atoms with Crippen molar-refractivity contribution in [3.8, 4) is 17.0 Å². The second-order valence-corrected chi connectivity index (χ2v) is 9.15. The van der Waals surface area contributed by atoms with E-state index >= 15 is 0 Å². The molecule has 0 aliphatic carbocycles. The van der Waals surface area contributed by atoms with Crippen LogP contribution in [-0.2, 0) is 25.4 Å². The highest BCUT2D eigenvalue weighted by Gasteiger charge is 2.35. The molecule has 1 aliphatic heterocycles. The number of aryl methyl sites for hydroxylation is 2. The zero-order chi connectivity index (χ0) is 24.4. The fourth-order valence-electron chi connectivity index (χ4n) is 5.45. The summed E-state index contributed by atoms with van der Waals surface area (Å²) in [4.78, 5) is 26.6. The first-order valence-electron chi connectivity index (χ1n) is 11.6. The van der Waals surface area contributed by atoms with Gasteiger partial charge >= 0.3 is 5.69 Å². The fourth-order valence-corrected chi connectivity index (χ4v) is 5.45. The normalized spacial score (nSPS) is 15.6. The van der Waals surface area contributed by atoms with Crippen LogP contribution in [0.1, 0.15) is 22.9 Å². The van der Waals surface area contributed by atoms with E-state index in [-0.39, 0.29) is 11.3 Å². The summed E-state index contributed by atoms with van der Waals surface area (Å²) in [5, 5.41) is 13.3. The highest BCUT2D eigenvalue weighted by Crippen LogP contribution is 2.44. The van der Waals surface area contributed by atoms with Gasteiger partial charge in [0, 0.05) is 26.2 Å². The Hall–Kier alpha value is -4.10. The summed E-state index contributed by atoms with van der Waals surface area (Å²) in [7, 11) is 3.19. The van der Waals surface area contributed by atoms with E-state index in [1.54, 1.807) is 13.1 Å². The third-order valence-electron chi connectivity index (χ3n) is 7.05.